The molecule has 1 heterocycles. The van der Waals surface area contributed by atoms with Gasteiger partial charge in [0, 0.05) is 30.2 Å². The summed E-state index contributed by atoms with van der Waals surface area (Å²) in [6.07, 6.45) is 3.82. The number of nitrogens with one attached hydrogen (secondary N) is 1. The zero-order valence-electron chi connectivity index (χ0n) is 16.5. The van der Waals surface area contributed by atoms with Gasteiger partial charge in [-0.15, -0.1) is 0 Å². The highest BCUT2D eigenvalue weighted by molar-refractivity contribution is 5.92. The lowest BCUT2D eigenvalue weighted by Gasteiger charge is -2.20. The van der Waals surface area contributed by atoms with Crippen LogP contribution in [0, 0.1) is 5.82 Å². The highest BCUT2D eigenvalue weighted by atomic mass is 19.1. The number of hydrogen-bond acceptors (Lipinski definition) is 4. The normalized spacial score (nSPS) is 11.6. The van der Waals surface area contributed by atoms with Crippen molar-refractivity contribution >= 4 is 11.6 Å². The van der Waals surface area contributed by atoms with Gasteiger partial charge in [0.05, 0.1) is 33.8 Å². The van der Waals surface area contributed by atoms with Crippen LogP contribution in [0.1, 0.15) is 18.0 Å². The molecule has 7 heteroatoms. The average Bonchev–Trinajstić information content (AvgIpc) is 3.25. The maximum atomic E-state index is 13.7. The number of hydrogen-bond donors (Lipinski definition) is 1. The fourth-order valence-corrected chi connectivity index (χ4v) is 3.21. The van der Waals surface area contributed by atoms with E-state index in [4.69, 9.17) is 14.2 Å². The van der Waals surface area contributed by atoms with Crippen molar-refractivity contribution in [2.45, 2.75) is 12.5 Å². The van der Waals surface area contributed by atoms with Crippen molar-refractivity contribution in [3.8, 4) is 17.2 Å². The van der Waals surface area contributed by atoms with Gasteiger partial charge < -0.3 is 24.1 Å². The summed E-state index contributed by atoms with van der Waals surface area (Å²) < 4.78 is 31.6. The molecule has 3 rings (SSSR count). The van der Waals surface area contributed by atoms with Crippen LogP contribution in [0.25, 0.3) is 0 Å². The van der Waals surface area contributed by atoms with E-state index in [0.29, 0.717) is 28.5 Å². The number of halogens is 1. The maximum absolute atomic E-state index is 13.7. The van der Waals surface area contributed by atoms with Gasteiger partial charge in [-0.1, -0.05) is 12.1 Å². The number of nitrogens with zero attached hydrogens (tertiary/aromatic N) is 1. The minimum atomic E-state index is -0.345. The molecule has 152 valence electrons. The Bertz CT molecular complexity index is 948. The predicted octanol–water partition coefficient (Wildman–Crippen LogP) is 4.27. The third-order valence-corrected chi connectivity index (χ3v) is 4.55. The standard InChI is InChI=1S/C22H23FN2O4/c1-27-19-12-17(13-20(28-2)22(19)29-3)24-21(26)14-18(25-9-4-5-10-25)15-7-6-8-16(23)11-15/h4-13,18H,14H2,1-3H3,(H,24,26)/t18-/m1/s1. The second kappa shape index (κ2) is 9.14. The van der Waals surface area contributed by atoms with Gasteiger partial charge in [0.15, 0.2) is 11.5 Å². The Morgan fingerprint density at radius 1 is 1.00 bits per heavy atom. The van der Waals surface area contributed by atoms with Crippen molar-refractivity contribution in [2.75, 3.05) is 26.6 Å². The highest BCUT2D eigenvalue weighted by Crippen LogP contribution is 2.40. The molecule has 0 saturated carbocycles. The van der Waals surface area contributed by atoms with Crippen molar-refractivity contribution in [3.63, 3.8) is 0 Å². The molecule has 0 aliphatic heterocycles. The number of amides is 1. The summed E-state index contributed by atoms with van der Waals surface area (Å²) in [6, 6.07) is 13.0. The van der Waals surface area contributed by atoms with Gasteiger partial charge >= 0.3 is 0 Å². The molecule has 0 bridgehead atoms. The third kappa shape index (κ3) is 4.68. The number of ether oxygens (including phenoxy) is 3. The molecule has 29 heavy (non-hydrogen) atoms. The first kappa shape index (κ1) is 20.3. The van der Waals surface area contributed by atoms with Crippen LogP contribution < -0.4 is 19.5 Å². The topological polar surface area (TPSA) is 61.7 Å². The zero-order chi connectivity index (χ0) is 20.8. The first-order valence-electron chi connectivity index (χ1n) is 9.03. The van der Waals surface area contributed by atoms with E-state index in [0.717, 1.165) is 0 Å². The monoisotopic (exact) mass is 398 g/mol. The van der Waals surface area contributed by atoms with E-state index in [9.17, 15) is 9.18 Å². The van der Waals surface area contributed by atoms with Crippen LogP contribution in [0.5, 0.6) is 17.2 Å². The molecule has 0 saturated heterocycles. The summed E-state index contributed by atoms with van der Waals surface area (Å²) in [5.41, 5.74) is 1.22. The lowest BCUT2D eigenvalue weighted by atomic mass is 10.0. The average molecular weight is 398 g/mol. The van der Waals surface area contributed by atoms with Gasteiger partial charge in [-0.3, -0.25) is 4.79 Å². The van der Waals surface area contributed by atoms with Crippen LogP contribution in [0.2, 0.25) is 0 Å². The Kier molecular flexibility index (Phi) is 6.39. The molecule has 3 aromatic rings. The third-order valence-electron chi connectivity index (χ3n) is 4.55. The van der Waals surface area contributed by atoms with Crippen LogP contribution in [0.15, 0.2) is 60.9 Å². The quantitative estimate of drug-likeness (QED) is 0.616. The molecule has 6 nitrogen and oxygen atoms in total. The van der Waals surface area contributed by atoms with Crippen LogP contribution in [-0.2, 0) is 4.79 Å². The van der Waals surface area contributed by atoms with Crippen molar-refractivity contribution in [2.24, 2.45) is 0 Å². The molecule has 0 unspecified atom stereocenters. The molecule has 0 fully saturated rings. The fourth-order valence-electron chi connectivity index (χ4n) is 3.21. The van der Waals surface area contributed by atoms with E-state index in [1.165, 1.54) is 33.5 Å². The molecule has 0 aliphatic rings. The Morgan fingerprint density at radius 2 is 1.66 bits per heavy atom. The molecule has 1 N–H and O–H groups in total. The number of carbonyl (C=O) groups excluding carboxylic acids is 1. The SMILES string of the molecule is COc1cc(NC(=O)C[C@H](c2cccc(F)c2)n2cccc2)cc(OC)c1OC. The van der Waals surface area contributed by atoms with Gasteiger partial charge in [-0.2, -0.15) is 0 Å². The molecule has 0 spiro atoms. The van der Waals surface area contributed by atoms with Crippen LogP contribution in [0.3, 0.4) is 0 Å². The largest absolute Gasteiger partial charge is 0.493 e. The van der Waals surface area contributed by atoms with Crippen molar-refractivity contribution in [1.82, 2.24) is 4.57 Å². The molecular formula is C22H23FN2O4. The summed E-state index contributed by atoms with van der Waals surface area (Å²) in [5, 5.41) is 2.86. The van der Waals surface area contributed by atoms with Crippen LogP contribution in [-0.4, -0.2) is 31.8 Å². The first-order chi connectivity index (χ1) is 14.0. The molecule has 0 radical (unpaired) electrons. The summed E-state index contributed by atoms with van der Waals surface area (Å²) in [6.45, 7) is 0. The van der Waals surface area contributed by atoms with Crippen molar-refractivity contribution in [1.29, 1.82) is 0 Å². The van der Waals surface area contributed by atoms with E-state index in [1.54, 1.807) is 24.3 Å². The van der Waals surface area contributed by atoms with Crippen LogP contribution >= 0.6 is 0 Å². The minimum Gasteiger partial charge on any atom is -0.493 e. The number of methoxy groups -OCH3 is 3. The Morgan fingerprint density at radius 3 is 2.21 bits per heavy atom. The molecular weight excluding hydrogens is 375 g/mol. The number of aromatic nitrogens is 1. The maximum Gasteiger partial charge on any atom is 0.226 e. The number of carbonyl (C=O) groups is 1. The Balaban J connectivity index is 1.84. The molecule has 2 aromatic carbocycles. The van der Waals surface area contributed by atoms with E-state index in [2.05, 4.69) is 5.32 Å². The summed E-state index contributed by atoms with van der Waals surface area (Å²) in [5.74, 6) is 0.744. The van der Waals surface area contributed by atoms with E-state index >= 15 is 0 Å². The highest BCUT2D eigenvalue weighted by Gasteiger charge is 2.20. The molecule has 1 aromatic heterocycles. The van der Waals surface area contributed by atoms with E-state index < -0.39 is 0 Å². The van der Waals surface area contributed by atoms with Crippen molar-refractivity contribution in [3.05, 3.63) is 72.3 Å². The van der Waals surface area contributed by atoms with Gasteiger partial charge in [-0.25, -0.2) is 4.39 Å². The van der Waals surface area contributed by atoms with Crippen LogP contribution in [0.4, 0.5) is 10.1 Å². The van der Waals surface area contributed by atoms with Gasteiger partial charge in [0.2, 0.25) is 11.7 Å². The fraction of sp³-hybridized carbons (Fsp3) is 0.227. The summed E-state index contributed by atoms with van der Waals surface area (Å²) in [4.78, 5) is 12.8. The first-order valence-corrected chi connectivity index (χ1v) is 9.03. The van der Waals surface area contributed by atoms with Gasteiger partial charge in [-0.05, 0) is 29.8 Å². The van der Waals surface area contributed by atoms with E-state index in [1.807, 2.05) is 29.1 Å². The van der Waals surface area contributed by atoms with Gasteiger partial charge in [0.25, 0.3) is 0 Å². The smallest absolute Gasteiger partial charge is 0.226 e. The van der Waals surface area contributed by atoms with Crippen molar-refractivity contribution < 1.29 is 23.4 Å². The second-order valence-corrected chi connectivity index (χ2v) is 6.37. The van der Waals surface area contributed by atoms with E-state index in [-0.39, 0.29) is 24.2 Å². The summed E-state index contributed by atoms with van der Waals surface area (Å²) in [7, 11) is 4.53. The lowest BCUT2D eigenvalue weighted by Crippen LogP contribution is -2.20. The number of rotatable bonds is 8. The Labute approximate surface area is 168 Å². The molecule has 1 atom stereocenters. The number of benzene rings is 2. The Hall–Kier alpha value is -3.48. The zero-order valence-corrected chi connectivity index (χ0v) is 16.5. The predicted molar refractivity (Wildman–Crippen MR) is 108 cm³/mol. The summed E-state index contributed by atoms with van der Waals surface area (Å²) >= 11 is 0. The minimum absolute atomic E-state index is 0.120. The molecule has 0 aliphatic carbocycles. The second-order valence-electron chi connectivity index (χ2n) is 6.37. The van der Waals surface area contributed by atoms with Gasteiger partial charge in [0.1, 0.15) is 5.82 Å². The lowest BCUT2D eigenvalue weighted by molar-refractivity contribution is -0.116. The molecule has 1 amide bonds. The number of anilines is 1.